The normalized spacial score (nSPS) is 14.0. The second-order valence-corrected chi connectivity index (χ2v) is 6.04. The minimum Gasteiger partial charge on any atom is -0.475 e. The first-order valence-corrected chi connectivity index (χ1v) is 8.18. The number of hydrogen-bond donors (Lipinski definition) is 1. The molecule has 0 aromatic heterocycles. The second kappa shape index (κ2) is 8.19. The number of halogens is 6. The van der Waals surface area contributed by atoms with Crippen molar-refractivity contribution in [1.29, 1.82) is 0 Å². The summed E-state index contributed by atoms with van der Waals surface area (Å²) >= 11 is 0. The summed E-state index contributed by atoms with van der Waals surface area (Å²) in [6.07, 6.45) is -1.63. The lowest BCUT2D eigenvalue weighted by Gasteiger charge is -2.21. The number of benzene rings is 2. The molecule has 0 bridgehead atoms. The predicted octanol–water partition coefficient (Wildman–Crippen LogP) is 3.47. The van der Waals surface area contributed by atoms with Gasteiger partial charge in [-0.25, -0.2) is 17.6 Å². The lowest BCUT2D eigenvalue weighted by Crippen LogP contribution is -2.36. The van der Waals surface area contributed by atoms with Crippen LogP contribution in [-0.2, 0) is 22.7 Å². The standard InChI is InChI=1S/C18H13F6NO4/c1-7(29-17-14(23)12(21)11(20)13(22)15(17)24)18(26)25-4-8-2-10(19)3-9-5-27-6-28-16(8)9/h2-3,7H,4-6H2,1H3,(H,25,26). The van der Waals surface area contributed by atoms with Gasteiger partial charge in [0.15, 0.2) is 18.6 Å². The summed E-state index contributed by atoms with van der Waals surface area (Å²) in [6, 6.07) is 2.31. The first-order valence-electron chi connectivity index (χ1n) is 8.18. The average molecular weight is 421 g/mol. The van der Waals surface area contributed by atoms with Crippen molar-refractivity contribution in [2.45, 2.75) is 26.2 Å². The van der Waals surface area contributed by atoms with Crippen molar-refractivity contribution in [3.8, 4) is 11.5 Å². The molecule has 0 saturated heterocycles. The van der Waals surface area contributed by atoms with E-state index in [2.05, 4.69) is 10.1 Å². The molecule has 1 heterocycles. The minimum atomic E-state index is -2.34. The number of carbonyl (C=O) groups is 1. The maximum absolute atomic E-state index is 13.7. The summed E-state index contributed by atoms with van der Waals surface area (Å²) in [5.74, 6) is -14.0. The third-order valence-corrected chi connectivity index (χ3v) is 4.04. The molecule has 2 aromatic carbocycles. The molecule has 0 aliphatic carbocycles. The topological polar surface area (TPSA) is 56.8 Å². The SMILES string of the molecule is CC(Oc1c(F)c(F)c(F)c(F)c1F)C(=O)NCc1cc(F)cc2c1OCOC2. The molecule has 0 fully saturated rings. The van der Waals surface area contributed by atoms with Gasteiger partial charge in [-0.3, -0.25) is 4.79 Å². The monoisotopic (exact) mass is 421 g/mol. The molecule has 0 saturated carbocycles. The molecule has 5 nitrogen and oxygen atoms in total. The Bertz CT molecular complexity index is 939. The molecule has 156 valence electrons. The van der Waals surface area contributed by atoms with Gasteiger partial charge in [0.1, 0.15) is 11.6 Å². The number of fused-ring (bicyclic) bond motifs is 1. The van der Waals surface area contributed by atoms with Gasteiger partial charge in [-0.05, 0) is 19.1 Å². The molecule has 1 aliphatic rings. The van der Waals surface area contributed by atoms with Crippen LogP contribution in [0.5, 0.6) is 11.5 Å². The third kappa shape index (κ3) is 4.09. The van der Waals surface area contributed by atoms with Gasteiger partial charge < -0.3 is 19.5 Å². The molecule has 0 radical (unpaired) electrons. The highest BCUT2D eigenvalue weighted by Crippen LogP contribution is 2.31. The Morgan fingerprint density at radius 2 is 1.69 bits per heavy atom. The number of amides is 1. The van der Waals surface area contributed by atoms with Crippen LogP contribution in [0.2, 0.25) is 0 Å². The molecular formula is C18H13F6NO4. The Balaban J connectivity index is 1.72. The highest BCUT2D eigenvalue weighted by molar-refractivity contribution is 5.80. The van der Waals surface area contributed by atoms with E-state index in [4.69, 9.17) is 9.47 Å². The van der Waals surface area contributed by atoms with Crippen LogP contribution in [0.25, 0.3) is 0 Å². The summed E-state index contributed by atoms with van der Waals surface area (Å²) in [6.45, 7) is 0.829. The summed E-state index contributed by atoms with van der Waals surface area (Å²) in [5.41, 5.74) is 0.686. The van der Waals surface area contributed by atoms with Crippen LogP contribution in [0, 0.1) is 34.9 Å². The smallest absolute Gasteiger partial charge is 0.261 e. The Kier molecular flexibility index (Phi) is 5.87. The van der Waals surface area contributed by atoms with Crippen LogP contribution in [-0.4, -0.2) is 18.8 Å². The van der Waals surface area contributed by atoms with Crippen LogP contribution in [0.4, 0.5) is 26.3 Å². The molecular weight excluding hydrogens is 408 g/mol. The number of hydrogen-bond acceptors (Lipinski definition) is 4. The third-order valence-electron chi connectivity index (χ3n) is 4.04. The zero-order chi connectivity index (χ0) is 21.3. The molecule has 0 spiro atoms. The van der Waals surface area contributed by atoms with Crippen LogP contribution >= 0.6 is 0 Å². The van der Waals surface area contributed by atoms with Gasteiger partial charge in [0.25, 0.3) is 5.91 Å². The van der Waals surface area contributed by atoms with E-state index in [9.17, 15) is 31.1 Å². The van der Waals surface area contributed by atoms with Gasteiger partial charge in [-0.2, -0.15) is 8.78 Å². The Labute approximate surface area is 160 Å². The van der Waals surface area contributed by atoms with Crippen LogP contribution in [0.3, 0.4) is 0 Å². The van der Waals surface area contributed by atoms with Crippen LogP contribution in [0.15, 0.2) is 12.1 Å². The average Bonchev–Trinajstić information content (AvgIpc) is 2.71. The quantitative estimate of drug-likeness (QED) is 0.457. The van der Waals surface area contributed by atoms with Crippen molar-refractivity contribution >= 4 is 5.91 Å². The van der Waals surface area contributed by atoms with Gasteiger partial charge in [-0.1, -0.05) is 0 Å². The van der Waals surface area contributed by atoms with E-state index < -0.39 is 52.7 Å². The fourth-order valence-corrected chi connectivity index (χ4v) is 2.63. The molecule has 2 aromatic rings. The van der Waals surface area contributed by atoms with E-state index in [-0.39, 0.29) is 25.5 Å². The van der Waals surface area contributed by atoms with Crippen LogP contribution in [0.1, 0.15) is 18.1 Å². The Morgan fingerprint density at radius 3 is 2.34 bits per heavy atom. The first kappa shape index (κ1) is 20.8. The van der Waals surface area contributed by atoms with Gasteiger partial charge in [0.05, 0.1) is 6.61 Å². The van der Waals surface area contributed by atoms with Crippen molar-refractivity contribution in [1.82, 2.24) is 5.32 Å². The Hall–Kier alpha value is -2.95. The highest BCUT2D eigenvalue weighted by Gasteiger charge is 2.29. The molecule has 11 heteroatoms. The molecule has 1 aliphatic heterocycles. The molecule has 1 unspecified atom stereocenters. The number of ether oxygens (including phenoxy) is 3. The predicted molar refractivity (Wildman–Crippen MR) is 84.9 cm³/mol. The van der Waals surface area contributed by atoms with E-state index in [1.54, 1.807) is 0 Å². The van der Waals surface area contributed by atoms with Gasteiger partial charge in [0.2, 0.25) is 29.1 Å². The van der Waals surface area contributed by atoms with Crippen LogP contribution < -0.4 is 14.8 Å². The Morgan fingerprint density at radius 1 is 1.07 bits per heavy atom. The van der Waals surface area contributed by atoms with Crippen molar-refractivity contribution in [2.24, 2.45) is 0 Å². The molecule has 1 amide bonds. The van der Waals surface area contributed by atoms with Crippen molar-refractivity contribution in [3.05, 3.63) is 58.2 Å². The lowest BCUT2D eigenvalue weighted by molar-refractivity contribution is -0.127. The summed E-state index contributed by atoms with van der Waals surface area (Å²) in [7, 11) is 0. The van der Waals surface area contributed by atoms with Gasteiger partial charge in [0, 0.05) is 17.7 Å². The highest BCUT2D eigenvalue weighted by atomic mass is 19.2. The second-order valence-electron chi connectivity index (χ2n) is 6.04. The van der Waals surface area contributed by atoms with E-state index in [0.717, 1.165) is 13.0 Å². The summed E-state index contributed by atoms with van der Waals surface area (Å²) in [4.78, 5) is 12.1. The van der Waals surface area contributed by atoms with E-state index in [0.29, 0.717) is 11.3 Å². The maximum atomic E-state index is 13.7. The van der Waals surface area contributed by atoms with E-state index >= 15 is 0 Å². The van der Waals surface area contributed by atoms with E-state index in [1.165, 1.54) is 6.07 Å². The fraction of sp³-hybridized carbons (Fsp3) is 0.278. The van der Waals surface area contributed by atoms with Crippen molar-refractivity contribution in [3.63, 3.8) is 0 Å². The summed E-state index contributed by atoms with van der Waals surface area (Å²) in [5, 5.41) is 2.32. The van der Waals surface area contributed by atoms with Crippen molar-refractivity contribution < 1.29 is 45.3 Å². The first-order chi connectivity index (χ1) is 13.7. The molecule has 3 rings (SSSR count). The zero-order valence-electron chi connectivity index (χ0n) is 14.8. The minimum absolute atomic E-state index is 0.0701. The zero-order valence-corrected chi connectivity index (χ0v) is 14.8. The van der Waals surface area contributed by atoms with Crippen molar-refractivity contribution in [2.75, 3.05) is 6.79 Å². The molecule has 1 atom stereocenters. The van der Waals surface area contributed by atoms with E-state index in [1.807, 2.05) is 0 Å². The lowest BCUT2D eigenvalue weighted by atomic mass is 10.1. The molecule has 29 heavy (non-hydrogen) atoms. The number of nitrogens with one attached hydrogen (secondary N) is 1. The van der Waals surface area contributed by atoms with Gasteiger partial charge in [-0.15, -0.1) is 0 Å². The number of rotatable bonds is 5. The fourth-order valence-electron chi connectivity index (χ4n) is 2.63. The largest absolute Gasteiger partial charge is 0.475 e. The molecule has 1 N–H and O–H groups in total. The number of carbonyl (C=O) groups excluding carboxylic acids is 1. The van der Waals surface area contributed by atoms with Gasteiger partial charge >= 0.3 is 0 Å². The summed E-state index contributed by atoms with van der Waals surface area (Å²) < 4.78 is 95.5. The maximum Gasteiger partial charge on any atom is 0.261 e.